The topological polar surface area (TPSA) is 0 Å². The summed E-state index contributed by atoms with van der Waals surface area (Å²) in [6.45, 7) is 4.58. The molecule has 0 aromatic carbocycles. The second kappa shape index (κ2) is 4.03. The zero-order valence-corrected chi connectivity index (χ0v) is 10.5. The van der Waals surface area contributed by atoms with Crippen LogP contribution < -0.4 is 0 Å². The maximum Gasteiger partial charge on any atom is -0.00358 e. The van der Waals surface area contributed by atoms with Gasteiger partial charge >= 0.3 is 0 Å². The fourth-order valence-corrected chi connectivity index (χ4v) is 2.87. The van der Waals surface area contributed by atoms with E-state index in [1.54, 1.807) is 0 Å². The van der Waals surface area contributed by atoms with Crippen molar-refractivity contribution in [2.45, 2.75) is 26.7 Å². The summed E-state index contributed by atoms with van der Waals surface area (Å²) in [5, 5.41) is 0. The van der Waals surface area contributed by atoms with Crippen molar-refractivity contribution >= 4 is 0 Å². The van der Waals surface area contributed by atoms with Gasteiger partial charge in [-0.25, -0.2) is 0 Å². The molecule has 0 N–H and O–H groups in total. The molecule has 0 saturated heterocycles. The molecule has 3 aliphatic carbocycles. The molecule has 0 heterocycles. The lowest BCUT2D eigenvalue weighted by atomic mass is 9.91. The summed E-state index contributed by atoms with van der Waals surface area (Å²) >= 11 is 0. The van der Waals surface area contributed by atoms with Gasteiger partial charge in [0.25, 0.3) is 0 Å². The highest BCUT2D eigenvalue weighted by Gasteiger charge is 2.25. The minimum Gasteiger partial charge on any atom is -0.0801 e. The Labute approximate surface area is 103 Å². The molecule has 0 amide bonds. The van der Waals surface area contributed by atoms with Gasteiger partial charge in [-0.1, -0.05) is 55.0 Å². The monoisotopic (exact) mass is 222 g/mol. The Balaban J connectivity index is 2.01. The number of hydrogen-bond acceptors (Lipinski definition) is 0. The van der Waals surface area contributed by atoms with Crippen LogP contribution in [0.3, 0.4) is 0 Å². The highest BCUT2D eigenvalue weighted by molar-refractivity contribution is 5.65. The van der Waals surface area contributed by atoms with Crippen molar-refractivity contribution in [1.29, 1.82) is 0 Å². The smallest absolute Gasteiger partial charge is 0.00358 e. The fraction of sp³-hybridized carbons (Fsp3) is 0.294. The molecule has 0 bridgehead atoms. The van der Waals surface area contributed by atoms with Crippen LogP contribution in [0.5, 0.6) is 0 Å². The van der Waals surface area contributed by atoms with E-state index in [0.29, 0.717) is 5.92 Å². The van der Waals surface area contributed by atoms with Crippen molar-refractivity contribution in [3.05, 3.63) is 70.4 Å². The third kappa shape index (κ3) is 1.68. The van der Waals surface area contributed by atoms with E-state index >= 15 is 0 Å². The Morgan fingerprint density at radius 3 is 2.24 bits per heavy atom. The SMILES string of the molecule is CC1=C(C2=CC=CC2)C(C2=CC=CC2)=CC1C. The van der Waals surface area contributed by atoms with Gasteiger partial charge in [0, 0.05) is 0 Å². The van der Waals surface area contributed by atoms with Gasteiger partial charge in [-0.2, -0.15) is 0 Å². The molecule has 0 nitrogen and oxygen atoms in total. The van der Waals surface area contributed by atoms with Crippen molar-refractivity contribution in [3.63, 3.8) is 0 Å². The van der Waals surface area contributed by atoms with E-state index in [-0.39, 0.29) is 0 Å². The van der Waals surface area contributed by atoms with Crippen LogP contribution in [-0.2, 0) is 0 Å². The third-order valence-corrected chi connectivity index (χ3v) is 3.97. The quantitative estimate of drug-likeness (QED) is 0.638. The van der Waals surface area contributed by atoms with Gasteiger partial charge in [0.15, 0.2) is 0 Å². The lowest BCUT2D eigenvalue weighted by molar-refractivity contribution is 0.875. The highest BCUT2D eigenvalue weighted by atomic mass is 14.3. The second-order valence-corrected chi connectivity index (χ2v) is 5.08. The van der Waals surface area contributed by atoms with Crippen LogP contribution in [0.25, 0.3) is 0 Å². The molecule has 86 valence electrons. The first-order chi connectivity index (χ1) is 8.27. The summed E-state index contributed by atoms with van der Waals surface area (Å²) in [6, 6.07) is 0. The zero-order valence-electron chi connectivity index (χ0n) is 10.5. The van der Waals surface area contributed by atoms with Crippen molar-refractivity contribution in [3.8, 4) is 0 Å². The molecule has 0 aromatic heterocycles. The molecule has 0 radical (unpaired) electrons. The summed E-state index contributed by atoms with van der Waals surface area (Å²) in [5.41, 5.74) is 7.50. The van der Waals surface area contributed by atoms with Crippen molar-refractivity contribution in [2.75, 3.05) is 0 Å². The lowest BCUT2D eigenvalue weighted by Crippen LogP contribution is -1.95. The predicted molar refractivity (Wildman–Crippen MR) is 73.6 cm³/mol. The normalized spacial score (nSPS) is 26.7. The standard InChI is InChI=1S/C17H18/c1-12-11-16(14-7-3-4-8-14)17(13(12)2)15-9-5-6-10-15/h3-7,9,11-12H,8,10H2,1-2H3. The third-order valence-electron chi connectivity index (χ3n) is 3.97. The van der Waals surface area contributed by atoms with Crippen LogP contribution in [0.15, 0.2) is 70.4 Å². The van der Waals surface area contributed by atoms with E-state index in [1.165, 1.54) is 27.9 Å². The van der Waals surface area contributed by atoms with E-state index in [0.717, 1.165) is 12.8 Å². The van der Waals surface area contributed by atoms with Crippen LogP contribution in [-0.4, -0.2) is 0 Å². The van der Waals surface area contributed by atoms with E-state index in [2.05, 4.69) is 56.4 Å². The summed E-state index contributed by atoms with van der Waals surface area (Å²) in [4.78, 5) is 0. The summed E-state index contributed by atoms with van der Waals surface area (Å²) in [5.74, 6) is 0.586. The minimum absolute atomic E-state index is 0.586. The summed E-state index contributed by atoms with van der Waals surface area (Å²) in [6.07, 6.45) is 18.0. The molecule has 0 fully saturated rings. The Kier molecular flexibility index (Phi) is 2.51. The van der Waals surface area contributed by atoms with E-state index < -0.39 is 0 Å². The molecule has 0 spiro atoms. The van der Waals surface area contributed by atoms with Crippen LogP contribution in [0.4, 0.5) is 0 Å². The summed E-state index contributed by atoms with van der Waals surface area (Å²) in [7, 11) is 0. The average Bonchev–Trinajstić information content (AvgIpc) is 3.01. The molecular weight excluding hydrogens is 204 g/mol. The molecule has 17 heavy (non-hydrogen) atoms. The lowest BCUT2D eigenvalue weighted by Gasteiger charge is -2.13. The molecule has 1 unspecified atom stereocenters. The highest BCUT2D eigenvalue weighted by Crippen LogP contribution is 2.42. The van der Waals surface area contributed by atoms with Gasteiger partial charge in [0.1, 0.15) is 0 Å². The fourth-order valence-electron chi connectivity index (χ4n) is 2.87. The van der Waals surface area contributed by atoms with Crippen LogP contribution in [0.1, 0.15) is 26.7 Å². The molecule has 3 aliphatic rings. The van der Waals surface area contributed by atoms with Crippen molar-refractivity contribution in [1.82, 2.24) is 0 Å². The van der Waals surface area contributed by atoms with Gasteiger partial charge < -0.3 is 0 Å². The molecule has 3 rings (SSSR count). The van der Waals surface area contributed by atoms with Crippen LogP contribution >= 0.6 is 0 Å². The first-order valence-electron chi connectivity index (χ1n) is 6.42. The number of hydrogen-bond donors (Lipinski definition) is 0. The number of rotatable bonds is 2. The molecular formula is C17H18. The molecule has 0 saturated carbocycles. The van der Waals surface area contributed by atoms with Gasteiger partial charge in [-0.15, -0.1) is 0 Å². The Hall–Kier alpha value is -1.56. The Bertz CT molecular complexity index is 530. The maximum atomic E-state index is 2.43. The molecule has 0 aromatic rings. The average molecular weight is 222 g/mol. The second-order valence-electron chi connectivity index (χ2n) is 5.08. The number of allylic oxidation sites excluding steroid dienone is 12. The minimum atomic E-state index is 0.586. The molecule has 1 atom stereocenters. The van der Waals surface area contributed by atoms with Crippen LogP contribution in [0.2, 0.25) is 0 Å². The Morgan fingerprint density at radius 1 is 1.00 bits per heavy atom. The van der Waals surface area contributed by atoms with Gasteiger partial charge in [-0.3, -0.25) is 0 Å². The van der Waals surface area contributed by atoms with Gasteiger partial charge in [0.05, 0.1) is 0 Å². The van der Waals surface area contributed by atoms with E-state index in [4.69, 9.17) is 0 Å². The van der Waals surface area contributed by atoms with E-state index in [1.807, 2.05) is 0 Å². The Morgan fingerprint density at radius 2 is 1.65 bits per heavy atom. The first-order valence-corrected chi connectivity index (χ1v) is 6.42. The summed E-state index contributed by atoms with van der Waals surface area (Å²) < 4.78 is 0. The largest absolute Gasteiger partial charge is 0.0801 e. The first kappa shape index (κ1) is 10.6. The maximum absolute atomic E-state index is 2.43. The van der Waals surface area contributed by atoms with Crippen molar-refractivity contribution < 1.29 is 0 Å². The predicted octanol–water partition coefficient (Wildman–Crippen LogP) is 4.65. The van der Waals surface area contributed by atoms with Gasteiger partial charge in [-0.05, 0) is 48.0 Å². The zero-order chi connectivity index (χ0) is 11.8. The molecule has 0 aliphatic heterocycles. The molecule has 0 heteroatoms. The van der Waals surface area contributed by atoms with Crippen molar-refractivity contribution in [2.24, 2.45) is 5.92 Å². The van der Waals surface area contributed by atoms with Gasteiger partial charge in [0.2, 0.25) is 0 Å². The van der Waals surface area contributed by atoms with Crippen LogP contribution in [0, 0.1) is 5.92 Å². The van der Waals surface area contributed by atoms with E-state index in [9.17, 15) is 0 Å².